The summed E-state index contributed by atoms with van der Waals surface area (Å²) < 4.78 is 0. The molecule has 1 aliphatic carbocycles. The molecule has 0 saturated heterocycles. The molecule has 1 saturated carbocycles. The molecule has 1 rings (SSSR count). The van der Waals surface area contributed by atoms with E-state index in [1.807, 2.05) is 0 Å². The van der Waals surface area contributed by atoms with E-state index in [0.717, 1.165) is 23.7 Å². The van der Waals surface area contributed by atoms with Crippen molar-refractivity contribution in [3.05, 3.63) is 0 Å². The van der Waals surface area contributed by atoms with Crippen LogP contribution in [0.2, 0.25) is 0 Å². The summed E-state index contributed by atoms with van der Waals surface area (Å²) in [6.07, 6.45) is 5.77. The van der Waals surface area contributed by atoms with Crippen LogP contribution in [-0.2, 0) is 0 Å². The highest BCUT2D eigenvalue weighted by atomic mass is 14.4. The average Bonchev–Trinajstić information content (AvgIpc) is 2.45. The fourth-order valence-corrected chi connectivity index (χ4v) is 2.75. The summed E-state index contributed by atoms with van der Waals surface area (Å²) in [5.41, 5.74) is 0. The van der Waals surface area contributed by atoms with Crippen molar-refractivity contribution in [1.29, 1.82) is 0 Å². The molecule has 0 nitrogen and oxygen atoms in total. The van der Waals surface area contributed by atoms with Gasteiger partial charge in [-0.2, -0.15) is 0 Å². The zero-order valence-electron chi connectivity index (χ0n) is 9.14. The molecule has 0 aromatic rings. The van der Waals surface area contributed by atoms with Gasteiger partial charge in [0.15, 0.2) is 0 Å². The van der Waals surface area contributed by atoms with E-state index >= 15 is 0 Å². The first-order valence-corrected chi connectivity index (χ1v) is 5.69. The first-order valence-electron chi connectivity index (χ1n) is 5.69. The highest BCUT2D eigenvalue weighted by molar-refractivity contribution is 4.82. The molecule has 0 spiro atoms. The summed E-state index contributed by atoms with van der Waals surface area (Å²) in [6.45, 7) is 9.54. The second-order valence-corrected chi connectivity index (χ2v) is 4.76. The van der Waals surface area contributed by atoms with Crippen molar-refractivity contribution < 1.29 is 0 Å². The highest BCUT2D eigenvalue weighted by Gasteiger charge is 2.32. The maximum absolute atomic E-state index is 2.44. The van der Waals surface area contributed by atoms with Gasteiger partial charge in [-0.25, -0.2) is 0 Å². The van der Waals surface area contributed by atoms with Crippen molar-refractivity contribution in [2.45, 2.75) is 53.4 Å². The quantitative estimate of drug-likeness (QED) is 0.595. The standard InChI is InChI=1S/C12H24/c1-5-9(3)12-7-10(4)11(6-2)8-12/h9-12H,5-8H2,1-4H3. The smallest absolute Gasteiger partial charge is 0.0383 e. The van der Waals surface area contributed by atoms with E-state index in [0.29, 0.717) is 0 Å². The van der Waals surface area contributed by atoms with Gasteiger partial charge in [-0.1, -0.05) is 40.5 Å². The van der Waals surface area contributed by atoms with E-state index in [1.54, 1.807) is 0 Å². The minimum atomic E-state index is 0.962. The summed E-state index contributed by atoms with van der Waals surface area (Å²) in [7, 11) is 0. The Morgan fingerprint density at radius 1 is 1.25 bits per heavy atom. The van der Waals surface area contributed by atoms with Crippen molar-refractivity contribution in [2.75, 3.05) is 0 Å². The zero-order chi connectivity index (χ0) is 9.14. The molecule has 0 N–H and O–H groups in total. The molecule has 4 unspecified atom stereocenters. The van der Waals surface area contributed by atoms with Crippen molar-refractivity contribution in [2.24, 2.45) is 23.7 Å². The molecule has 0 aromatic heterocycles. The van der Waals surface area contributed by atoms with Gasteiger partial charge in [0, 0.05) is 0 Å². The molecule has 12 heavy (non-hydrogen) atoms. The highest BCUT2D eigenvalue weighted by Crippen LogP contribution is 2.42. The third-order valence-corrected chi connectivity index (χ3v) is 4.06. The fraction of sp³-hybridized carbons (Fsp3) is 1.00. The van der Waals surface area contributed by atoms with Crippen LogP contribution in [0.5, 0.6) is 0 Å². The van der Waals surface area contributed by atoms with Gasteiger partial charge in [0.2, 0.25) is 0 Å². The molecule has 1 aliphatic rings. The Bertz CT molecular complexity index is 128. The number of rotatable bonds is 3. The largest absolute Gasteiger partial charge is 0.0651 e. The Morgan fingerprint density at radius 2 is 1.92 bits per heavy atom. The molecule has 0 amide bonds. The summed E-state index contributed by atoms with van der Waals surface area (Å²) in [5, 5.41) is 0. The van der Waals surface area contributed by atoms with Crippen molar-refractivity contribution in [3.8, 4) is 0 Å². The number of hydrogen-bond acceptors (Lipinski definition) is 0. The molecule has 0 heterocycles. The van der Waals surface area contributed by atoms with E-state index in [1.165, 1.54) is 25.7 Å². The lowest BCUT2D eigenvalue weighted by molar-refractivity contribution is 0.342. The SMILES string of the molecule is CCC(C)C1CC(C)C(CC)C1. The molecule has 4 atom stereocenters. The lowest BCUT2D eigenvalue weighted by Gasteiger charge is -2.16. The molecule has 0 radical (unpaired) electrons. The summed E-state index contributed by atoms with van der Waals surface area (Å²) in [6, 6.07) is 0. The van der Waals surface area contributed by atoms with Crippen LogP contribution in [0, 0.1) is 23.7 Å². The van der Waals surface area contributed by atoms with Crippen molar-refractivity contribution in [1.82, 2.24) is 0 Å². The molecule has 72 valence electrons. The van der Waals surface area contributed by atoms with Crippen LogP contribution in [0.25, 0.3) is 0 Å². The zero-order valence-corrected chi connectivity index (χ0v) is 9.14. The van der Waals surface area contributed by atoms with Crippen molar-refractivity contribution >= 4 is 0 Å². The average molecular weight is 168 g/mol. The van der Waals surface area contributed by atoms with Crippen LogP contribution in [0.4, 0.5) is 0 Å². The minimum absolute atomic E-state index is 0.962. The lowest BCUT2D eigenvalue weighted by atomic mass is 9.89. The second kappa shape index (κ2) is 4.30. The van der Waals surface area contributed by atoms with E-state index in [2.05, 4.69) is 27.7 Å². The van der Waals surface area contributed by atoms with Gasteiger partial charge < -0.3 is 0 Å². The Morgan fingerprint density at radius 3 is 2.33 bits per heavy atom. The van der Waals surface area contributed by atoms with Crippen LogP contribution in [-0.4, -0.2) is 0 Å². The summed E-state index contributed by atoms with van der Waals surface area (Å²) >= 11 is 0. The molecule has 0 aromatic carbocycles. The van der Waals surface area contributed by atoms with Gasteiger partial charge >= 0.3 is 0 Å². The fourth-order valence-electron chi connectivity index (χ4n) is 2.75. The Kier molecular flexibility index (Phi) is 3.61. The Labute approximate surface area is 77.7 Å². The predicted molar refractivity (Wildman–Crippen MR) is 55.1 cm³/mol. The van der Waals surface area contributed by atoms with Gasteiger partial charge in [-0.05, 0) is 36.5 Å². The van der Waals surface area contributed by atoms with Crippen LogP contribution in [0.15, 0.2) is 0 Å². The molecule has 1 fully saturated rings. The normalized spacial score (nSPS) is 38.5. The van der Waals surface area contributed by atoms with Crippen LogP contribution in [0.1, 0.15) is 53.4 Å². The molecule has 0 heteroatoms. The first-order chi connectivity index (χ1) is 5.69. The maximum atomic E-state index is 2.44. The lowest BCUT2D eigenvalue weighted by Crippen LogP contribution is -2.06. The van der Waals surface area contributed by atoms with Gasteiger partial charge in [0.1, 0.15) is 0 Å². The van der Waals surface area contributed by atoms with Crippen LogP contribution in [0.3, 0.4) is 0 Å². The summed E-state index contributed by atoms with van der Waals surface area (Å²) in [4.78, 5) is 0. The molecular formula is C12H24. The van der Waals surface area contributed by atoms with E-state index in [-0.39, 0.29) is 0 Å². The maximum Gasteiger partial charge on any atom is -0.0383 e. The summed E-state index contributed by atoms with van der Waals surface area (Å²) in [5.74, 6) is 4.02. The van der Waals surface area contributed by atoms with Crippen LogP contribution < -0.4 is 0 Å². The molecular weight excluding hydrogens is 144 g/mol. The monoisotopic (exact) mass is 168 g/mol. The third-order valence-electron chi connectivity index (χ3n) is 4.06. The predicted octanol–water partition coefficient (Wildman–Crippen LogP) is 4.10. The topological polar surface area (TPSA) is 0 Å². The van der Waals surface area contributed by atoms with Gasteiger partial charge in [-0.15, -0.1) is 0 Å². The van der Waals surface area contributed by atoms with Gasteiger partial charge in [0.25, 0.3) is 0 Å². The first kappa shape index (κ1) is 10.1. The Hall–Kier alpha value is 0. The van der Waals surface area contributed by atoms with E-state index in [9.17, 15) is 0 Å². The van der Waals surface area contributed by atoms with Gasteiger partial charge in [0.05, 0.1) is 0 Å². The van der Waals surface area contributed by atoms with E-state index < -0.39 is 0 Å². The third kappa shape index (κ3) is 2.02. The second-order valence-electron chi connectivity index (χ2n) is 4.76. The molecule has 0 bridgehead atoms. The van der Waals surface area contributed by atoms with Crippen LogP contribution >= 0.6 is 0 Å². The van der Waals surface area contributed by atoms with E-state index in [4.69, 9.17) is 0 Å². The molecule has 0 aliphatic heterocycles. The van der Waals surface area contributed by atoms with Crippen molar-refractivity contribution in [3.63, 3.8) is 0 Å². The Balaban J connectivity index is 2.42. The number of hydrogen-bond donors (Lipinski definition) is 0. The minimum Gasteiger partial charge on any atom is -0.0651 e. The van der Waals surface area contributed by atoms with Gasteiger partial charge in [-0.3, -0.25) is 0 Å².